The Hall–Kier alpha value is -0.650. The van der Waals surface area contributed by atoms with E-state index in [0.717, 1.165) is 26.2 Å². The second-order valence-corrected chi connectivity index (χ2v) is 6.00. The van der Waals surface area contributed by atoms with Crippen LogP contribution in [-0.4, -0.2) is 59.5 Å². The highest BCUT2D eigenvalue weighted by atomic mass is 16.1. The zero-order valence-corrected chi connectivity index (χ0v) is 12.1. The number of hydrogen-bond donors (Lipinski definition) is 2. The first-order chi connectivity index (χ1) is 8.24. The Balaban J connectivity index is 2.45. The molecule has 1 rings (SSSR count). The van der Waals surface area contributed by atoms with Gasteiger partial charge in [-0.25, -0.2) is 0 Å². The Labute approximate surface area is 110 Å². The molecule has 1 aliphatic heterocycles. The van der Waals surface area contributed by atoms with E-state index in [9.17, 15) is 4.79 Å². The number of amides is 1. The molecule has 1 heterocycles. The van der Waals surface area contributed by atoms with Gasteiger partial charge in [0.15, 0.2) is 0 Å². The van der Waals surface area contributed by atoms with Crippen LogP contribution in [0.2, 0.25) is 0 Å². The zero-order chi connectivity index (χ0) is 13.9. The number of primary amides is 1. The average molecular weight is 256 g/mol. The van der Waals surface area contributed by atoms with E-state index in [2.05, 4.69) is 30.6 Å². The minimum absolute atomic E-state index is 0.293. The molecule has 0 bridgehead atoms. The summed E-state index contributed by atoms with van der Waals surface area (Å²) in [4.78, 5) is 16.1. The molecule has 0 aromatic carbocycles. The summed E-state index contributed by atoms with van der Waals surface area (Å²) in [7, 11) is 0. The topological polar surface area (TPSA) is 75.6 Å². The molecule has 1 fully saturated rings. The standard InChI is InChI=1S/C13H28N4O/c1-10(2)16-5-7-17(8-6-16)11(3)9-13(4,15)12(14)18/h10-11H,5-9,15H2,1-4H3,(H2,14,18). The Morgan fingerprint density at radius 2 is 1.61 bits per heavy atom. The summed E-state index contributed by atoms with van der Waals surface area (Å²) in [5.41, 5.74) is 10.3. The SMILES string of the molecule is CC(C)N1CCN(C(C)CC(C)(N)C(N)=O)CC1. The van der Waals surface area contributed by atoms with Gasteiger partial charge in [0.2, 0.25) is 5.91 Å². The largest absolute Gasteiger partial charge is 0.368 e. The summed E-state index contributed by atoms with van der Waals surface area (Å²) < 4.78 is 0. The van der Waals surface area contributed by atoms with Crippen LogP contribution in [0.15, 0.2) is 0 Å². The smallest absolute Gasteiger partial charge is 0.237 e. The summed E-state index contributed by atoms with van der Waals surface area (Å²) in [6.07, 6.45) is 0.615. The van der Waals surface area contributed by atoms with E-state index in [1.807, 2.05) is 0 Å². The predicted molar refractivity (Wildman–Crippen MR) is 74.1 cm³/mol. The van der Waals surface area contributed by atoms with E-state index < -0.39 is 11.4 Å². The third kappa shape index (κ3) is 3.93. The van der Waals surface area contributed by atoms with Crippen molar-refractivity contribution in [2.45, 2.75) is 51.7 Å². The van der Waals surface area contributed by atoms with Crippen molar-refractivity contribution >= 4 is 5.91 Å². The van der Waals surface area contributed by atoms with Gasteiger partial charge in [0.05, 0.1) is 5.54 Å². The minimum Gasteiger partial charge on any atom is -0.368 e. The molecule has 5 heteroatoms. The Morgan fingerprint density at radius 3 is 2.00 bits per heavy atom. The quantitative estimate of drug-likeness (QED) is 0.725. The van der Waals surface area contributed by atoms with Crippen LogP contribution < -0.4 is 11.5 Å². The van der Waals surface area contributed by atoms with Crippen LogP contribution in [0.5, 0.6) is 0 Å². The first-order valence-corrected chi connectivity index (χ1v) is 6.81. The average Bonchev–Trinajstić information content (AvgIpc) is 2.28. The Morgan fingerprint density at radius 1 is 1.17 bits per heavy atom. The predicted octanol–water partition coefficient (Wildman–Crippen LogP) is -0.00630. The first kappa shape index (κ1) is 15.4. The maximum Gasteiger partial charge on any atom is 0.237 e. The van der Waals surface area contributed by atoms with E-state index in [1.54, 1.807) is 6.92 Å². The first-order valence-electron chi connectivity index (χ1n) is 6.81. The van der Waals surface area contributed by atoms with Crippen LogP contribution in [0.1, 0.15) is 34.1 Å². The third-order valence-corrected chi connectivity index (χ3v) is 3.98. The molecule has 2 atom stereocenters. The second-order valence-electron chi connectivity index (χ2n) is 6.00. The van der Waals surface area contributed by atoms with Gasteiger partial charge in [-0.05, 0) is 34.1 Å². The van der Waals surface area contributed by atoms with Gasteiger partial charge in [0, 0.05) is 38.3 Å². The lowest BCUT2D eigenvalue weighted by Crippen LogP contribution is -2.56. The van der Waals surface area contributed by atoms with Gasteiger partial charge < -0.3 is 11.5 Å². The van der Waals surface area contributed by atoms with Crippen molar-refractivity contribution in [2.24, 2.45) is 11.5 Å². The molecule has 0 spiro atoms. The fraction of sp³-hybridized carbons (Fsp3) is 0.923. The molecule has 0 aromatic rings. The van der Waals surface area contributed by atoms with Crippen molar-refractivity contribution in [3.05, 3.63) is 0 Å². The van der Waals surface area contributed by atoms with Gasteiger partial charge in [-0.2, -0.15) is 0 Å². The van der Waals surface area contributed by atoms with Crippen molar-refractivity contribution in [1.29, 1.82) is 0 Å². The van der Waals surface area contributed by atoms with Gasteiger partial charge in [0.1, 0.15) is 0 Å². The highest BCUT2D eigenvalue weighted by molar-refractivity contribution is 5.83. The zero-order valence-electron chi connectivity index (χ0n) is 12.1. The van der Waals surface area contributed by atoms with Gasteiger partial charge >= 0.3 is 0 Å². The van der Waals surface area contributed by atoms with E-state index in [-0.39, 0.29) is 0 Å². The van der Waals surface area contributed by atoms with E-state index >= 15 is 0 Å². The van der Waals surface area contributed by atoms with Crippen LogP contribution >= 0.6 is 0 Å². The van der Waals surface area contributed by atoms with Crippen molar-refractivity contribution in [1.82, 2.24) is 9.80 Å². The van der Waals surface area contributed by atoms with Gasteiger partial charge in [0.25, 0.3) is 0 Å². The Kier molecular flexibility index (Phi) is 5.13. The molecule has 1 aliphatic rings. The van der Waals surface area contributed by atoms with E-state index in [1.165, 1.54) is 0 Å². The summed E-state index contributed by atoms with van der Waals surface area (Å²) in [5, 5.41) is 0. The van der Waals surface area contributed by atoms with Gasteiger partial charge in [-0.1, -0.05) is 0 Å². The molecule has 2 unspecified atom stereocenters. The Bertz CT molecular complexity index is 283. The van der Waals surface area contributed by atoms with Crippen molar-refractivity contribution in [3.63, 3.8) is 0 Å². The maximum atomic E-state index is 11.3. The molecule has 0 aliphatic carbocycles. The van der Waals surface area contributed by atoms with E-state index in [0.29, 0.717) is 18.5 Å². The number of carbonyl (C=O) groups excluding carboxylic acids is 1. The van der Waals surface area contributed by atoms with Crippen LogP contribution in [0.4, 0.5) is 0 Å². The van der Waals surface area contributed by atoms with Gasteiger partial charge in [-0.3, -0.25) is 14.6 Å². The minimum atomic E-state index is -0.908. The van der Waals surface area contributed by atoms with Crippen molar-refractivity contribution < 1.29 is 4.79 Å². The third-order valence-electron chi connectivity index (χ3n) is 3.98. The highest BCUT2D eigenvalue weighted by Gasteiger charge is 2.31. The molecule has 1 amide bonds. The van der Waals surface area contributed by atoms with Gasteiger partial charge in [-0.15, -0.1) is 0 Å². The monoisotopic (exact) mass is 256 g/mol. The molecule has 4 N–H and O–H groups in total. The lowest BCUT2D eigenvalue weighted by Gasteiger charge is -2.41. The number of piperazine rings is 1. The number of rotatable bonds is 5. The molecule has 0 radical (unpaired) electrons. The number of nitrogens with two attached hydrogens (primary N) is 2. The molecule has 1 saturated heterocycles. The summed E-state index contributed by atoms with van der Waals surface area (Å²) in [5.74, 6) is -0.421. The van der Waals surface area contributed by atoms with Crippen LogP contribution in [0, 0.1) is 0 Å². The maximum absolute atomic E-state index is 11.3. The number of hydrogen-bond acceptors (Lipinski definition) is 4. The normalized spacial score (nSPS) is 23.9. The summed E-state index contributed by atoms with van der Waals surface area (Å²) >= 11 is 0. The highest BCUT2D eigenvalue weighted by Crippen LogP contribution is 2.16. The van der Waals surface area contributed by atoms with E-state index in [4.69, 9.17) is 11.5 Å². The molecular formula is C13H28N4O. The van der Waals surface area contributed by atoms with Crippen LogP contribution in [0.3, 0.4) is 0 Å². The van der Waals surface area contributed by atoms with Crippen molar-refractivity contribution in [2.75, 3.05) is 26.2 Å². The lowest BCUT2D eigenvalue weighted by atomic mass is 9.93. The molecule has 18 heavy (non-hydrogen) atoms. The number of carbonyl (C=O) groups is 1. The fourth-order valence-electron chi connectivity index (χ4n) is 2.54. The van der Waals surface area contributed by atoms with Crippen molar-refractivity contribution in [3.8, 4) is 0 Å². The fourth-order valence-corrected chi connectivity index (χ4v) is 2.54. The second kappa shape index (κ2) is 5.99. The summed E-state index contributed by atoms with van der Waals surface area (Å²) in [6.45, 7) is 12.5. The summed E-state index contributed by atoms with van der Waals surface area (Å²) in [6, 6.07) is 0.898. The lowest BCUT2D eigenvalue weighted by molar-refractivity contribution is -0.123. The molecule has 0 saturated carbocycles. The number of nitrogens with zero attached hydrogens (tertiary/aromatic N) is 2. The molecule has 0 aromatic heterocycles. The molecular weight excluding hydrogens is 228 g/mol. The van der Waals surface area contributed by atoms with Crippen LogP contribution in [-0.2, 0) is 4.79 Å². The molecule has 106 valence electrons. The molecule has 5 nitrogen and oxygen atoms in total. The van der Waals surface area contributed by atoms with Crippen LogP contribution in [0.25, 0.3) is 0 Å².